The van der Waals surface area contributed by atoms with Crippen molar-refractivity contribution in [2.45, 2.75) is 25.8 Å². The van der Waals surface area contributed by atoms with Crippen molar-refractivity contribution in [1.82, 2.24) is 4.90 Å². The van der Waals surface area contributed by atoms with E-state index in [0.29, 0.717) is 11.6 Å². The van der Waals surface area contributed by atoms with Crippen molar-refractivity contribution in [3.63, 3.8) is 0 Å². The third kappa shape index (κ3) is 3.33. The van der Waals surface area contributed by atoms with Gasteiger partial charge >= 0.3 is 5.97 Å². The quantitative estimate of drug-likeness (QED) is 0.918. The molecule has 20 heavy (non-hydrogen) atoms. The highest BCUT2D eigenvalue weighted by Crippen LogP contribution is 2.29. The van der Waals surface area contributed by atoms with Gasteiger partial charge in [0, 0.05) is 23.6 Å². The molecule has 4 nitrogen and oxygen atoms in total. The number of carboxylic acids is 1. The predicted molar refractivity (Wildman–Crippen MR) is 84.6 cm³/mol. The molecule has 1 aromatic rings. The molecular formula is C15H21BrN2O2. The monoisotopic (exact) mass is 340 g/mol. The summed E-state index contributed by atoms with van der Waals surface area (Å²) in [6, 6.07) is 5.76. The second-order valence-electron chi connectivity index (χ2n) is 5.34. The maximum atomic E-state index is 11.5. The fraction of sp³-hybridized carbons (Fsp3) is 0.533. The first-order valence-corrected chi connectivity index (χ1v) is 7.80. The molecule has 0 aliphatic carbocycles. The number of halogens is 1. The summed E-state index contributed by atoms with van der Waals surface area (Å²) in [4.78, 5) is 16.1. The van der Waals surface area contributed by atoms with Crippen LogP contribution in [0.25, 0.3) is 0 Å². The number of benzene rings is 1. The predicted octanol–water partition coefficient (Wildman–Crippen LogP) is 3.07. The standard InChI is InChI=1S/C15H21BrN2O2/c1-3-12-10-17(2)7-4-8-18(12)14-9-11(16)5-6-13(14)15(19)20/h5-6,9,12H,3-4,7-8,10H2,1-2H3,(H,19,20). The third-order valence-corrected chi connectivity index (χ3v) is 4.37. The van der Waals surface area contributed by atoms with Gasteiger partial charge in [0.15, 0.2) is 0 Å². The molecule has 1 aliphatic heterocycles. The number of rotatable bonds is 3. The number of carbonyl (C=O) groups is 1. The van der Waals surface area contributed by atoms with Gasteiger partial charge in [-0.25, -0.2) is 4.79 Å². The normalized spacial score (nSPS) is 20.8. The minimum Gasteiger partial charge on any atom is -0.478 e. The van der Waals surface area contributed by atoms with Crippen LogP contribution in [0.4, 0.5) is 5.69 Å². The zero-order chi connectivity index (χ0) is 14.7. The molecule has 1 fully saturated rings. The lowest BCUT2D eigenvalue weighted by Crippen LogP contribution is -2.40. The van der Waals surface area contributed by atoms with E-state index < -0.39 is 5.97 Å². The van der Waals surface area contributed by atoms with Gasteiger partial charge in [0.05, 0.1) is 11.3 Å². The highest BCUT2D eigenvalue weighted by molar-refractivity contribution is 9.10. The van der Waals surface area contributed by atoms with Crippen LogP contribution in [-0.2, 0) is 0 Å². The van der Waals surface area contributed by atoms with Crippen LogP contribution in [0.15, 0.2) is 22.7 Å². The maximum Gasteiger partial charge on any atom is 0.337 e. The minimum atomic E-state index is -0.861. The Bertz CT molecular complexity index is 493. The highest BCUT2D eigenvalue weighted by Gasteiger charge is 2.25. The molecule has 0 spiro atoms. The zero-order valence-corrected chi connectivity index (χ0v) is 13.6. The third-order valence-electron chi connectivity index (χ3n) is 3.87. The molecule has 0 bridgehead atoms. The van der Waals surface area contributed by atoms with Crippen LogP contribution >= 0.6 is 15.9 Å². The number of carboxylic acid groups (broad SMARTS) is 1. The Morgan fingerprint density at radius 2 is 2.20 bits per heavy atom. The summed E-state index contributed by atoms with van der Waals surface area (Å²) in [5, 5.41) is 9.42. The van der Waals surface area contributed by atoms with Gasteiger partial charge < -0.3 is 14.9 Å². The maximum absolute atomic E-state index is 11.5. The Balaban J connectivity index is 2.41. The number of nitrogens with zero attached hydrogens (tertiary/aromatic N) is 2. The van der Waals surface area contributed by atoms with E-state index in [2.05, 4.69) is 39.7 Å². The van der Waals surface area contributed by atoms with Crippen LogP contribution in [0.5, 0.6) is 0 Å². The second kappa shape index (κ2) is 6.59. The molecule has 1 atom stereocenters. The summed E-state index contributed by atoms with van der Waals surface area (Å²) in [6.45, 7) is 5.10. The van der Waals surface area contributed by atoms with Gasteiger partial charge in [0.1, 0.15) is 0 Å². The second-order valence-corrected chi connectivity index (χ2v) is 6.25. The highest BCUT2D eigenvalue weighted by atomic mass is 79.9. The van der Waals surface area contributed by atoms with E-state index in [0.717, 1.165) is 42.6 Å². The largest absolute Gasteiger partial charge is 0.478 e. The van der Waals surface area contributed by atoms with Crippen LogP contribution < -0.4 is 4.90 Å². The summed E-state index contributed by atoms with van der Waals surface area (Å²) < 4.78 is 0.921. The van der Waals surface area contributed by atoms with E-state index in [1.54, 1.807) is 12.1 Å². The van der Waals surface area contributed by atoms with Crippen LogP contribution in [0.3, 0.4) is 0 Å². The number of hydrogen-bond acceptors (Lipinski definition) is 3. The van der Waals surface area contributed by atoms with Crippen LogP contribution in [0.1, 0.15) is 30.1 Å². The van der Waals surface area contributed by atoms with E-state index in [9.17, 15) is 9.90 Å². The molecule has 5 heteroatoms. The van der Waals surface area contributed by atoms with E-state index in [4.69, 9.17) is 0 Å². The zero-order valence-electron chi connectivity index (χ0n) is 12.0. The first kappa shape index (κ1) is 15.3. The fourth-order valence-corrected chi connectivity index (χ4v) is 3.18. The van der Waals surface area contributed by atoms with Crippen molar-refractivity contribution < 1.29 is 9.90 Å². The topological polar surface area (TPSA) is 43.8 Å². The average Bonchev–Trinajstić information content (AvgIpc) is 2.59. The lowest BCUT2D eigenvalue weighted by atomic mass is 10.1. The number of hydrogen-bond donors (Lipinski definition) is 1. The summed E-state index contributed by atoms with van der Waals surface area (Å²) in [7, 11) is 2.13. The summed E-state index contributed by atoms with van der Waals surface area (Å²) in [6.07, 6.45) is 2.06. The van der Waals surface area contributed by atoms with Gasteiger partial charge in [-0.3, -0.25) is 0 Å². The van der Waals surface area contributed by atoms with Gasteiger partial charge in [-0.15, -0.1) is 0 Å². The smallest absolute Gasteiger partial charge is 0.337 e. The molecule has 1 N–H and O–H groups in total. The summed E-state index contributed by atoms with van der Waals surface area (Å²) >= 11 is 3.46. The molecular weight excluding hydrogens is 320 g/mol. The van der Waals surface area contributed by atoms with Gasteiger partial charge in [0.2, 0.25) is 0 Å². The fourth-order valence-electron chi connectivity index (χ4n) is 2.83. The van der Waals surface area contributed by atoms with E-state index in [1.165, 1.54) is 0 Å². The van der Waals surface area contributed by atoms with Gasteiger partial charge in [0.25, 0.3) is 0 Å². The first-order valence-electron chi connectivity index (χ1n) is 7.01. The van der Waals surface area contributed by atoms with Crippen LogP contribution in [-0.4, -0.2) is 48.7 Å². The van der Waals surface area contributed by atoms with Crippen molar-refractivity contribution in [2.75, 3.05) is 31.6 Å². The molecule has 0 aromatic heterocycles. The molecule has 110 valence electrons. The Hall–Kier alpha value is -1.07. The SMILES string of the molecule is CCC1CN(C)CCCN1c1cc(Br)ccc1C(=O)O. The summed E-state index contributed by atoms with van der Waals surface area (Å²) in [5.74, 6) is -0.861. The number of likely N-dealkylation sites (N-methyl/N-ethyl adjacent to an activating group) is 1. The van der Waals surface area contributed by atoms with Gasteiger partial charge in [-0.2, -0.15) is 0 Å². The lowest BCUT2D eigenvalue weighted by Gasteiger charge is -2.33. The van der Waals surface area contributed by atoms with Gasteiger partial charge in [-0.05, 0) is 44.6 Å². The van der Waals surface area contributed by atoms with Crippen LogP contribution in [0, 0.1) is 0 Å². The number of aromatic carboxylic acids is 1. The minimum absolute atomic E-state index is 0.356. The molecule has 0 amide bonds. The number of anilines is 1. The van der Waals surface area contributed by atoms with E-state index >= 15 is 0 Å². The Kier molecular flexibility index (Phi) is 5.05. The van der Waals surface area contributed by atoms with Crippen molar-refractivity contribution in [3.8, 4) is 0 Å². The molecule has 1 heterocycles. The Morgan fingerprint density at radius 3 is 2.85 bits per heavy atom. The Morgan fingerprint density at radius 1 is 1.45 bits per heavy atom. The first-order chi connectivity index (χ1) is 9.52. The van der Waals surface area contributed by atoms with E-state index in [-0.39, 0.29) is 0 Å². The molecule has 1 saturated heterocycles. The molecule has 0 saturated carbocycles. The van der Waals surface area contributed by atoms with Crippen molar-refractivity contribution in [1.29, 1.82) is 0 Å². The molecule has 1 aliphatic rings. The summed E-state index contributed by atoms with van der Waals surface area (Å²) in [5.41, 5.74) is 1.21. The van der Waals surface area contributed by atoms with E-state index in [1.807, 2.05) is 6.07 Å². The van der Waals surface area contributed by atoms with Crippen LogP contribution in [0.2, 0.25) is 0 Å². The van der Waals surface area contributed by atoms with Crippen molar-refractivity contribution in [2.24, 2.45) is 0 Å². The van der Waals surface area contributed by atoms with Gasteiger partial charge in [-0.1, -0.05) is 22.9 Å². The molecule has 1 unspecified atom stereocenters. The molecule has 2 rings (SSSR count). The average molecular weight is 341 g/mol. The molecule has 0 radical (unpaired) electrons. The van der Waals surface area contributed by atoms with Crippen molar-refractivity contribution >= 4 is 27.6 Å². The van der Waals surface area contributed by atoms with Crippen molar-refractivity contribution in [3.05, 3.63) is 28.2 Å². The molecule has 1 aromatic carbocycles. The lowest BCUT2D eigenvalue weighted by molar-refractivity contribution is 0.0697. The Labute approximate surface area is 128 Å².